The number of aromatic hydroxyl groups is 2. The first-order chi connectivity index (χ1) is 20.4. The van der Waals surface area contributed by atoms with Gasteiger partial charge in [-0.1, -0.05) is 0 Å². The summed E-state index contributed by atoms with van der Waals surface area (Å²) in [5.41, 5.74) is -2.90. The van der Waals surface area contributed by atoms with Crippen molar-refractivity contribution in [2.75, 3.05) is 35.5 Å². The van der Waals surface area contributed by atoms with E-state index in [2.05, 4.69) is 25.6 Å². The van der Waals surface area contributed by atoms with Crippen molar-refractivity contribution in [1.29, 1.82) is 0 Å². The third-order valence-corrected chi connectivity index (χ3v) is 7.31. The molecule has 238 valence electrons. The van der Waals surface area contributed by atoms with Crippen molar-refractivity contribution in [3.63, 3.8) is 0 Å². The fourth-order valence-corrected chi connectivity index (χ4v) is 4.80. The van der Waals surface area contributed by atoms with Crippen LogP contribution in [0.1, 0.15) is 20.7 Å². The molecule has 0 saturated carbocycles. The molecule has 0 radical (unpaired) electrons. The molecule has 3 rings (SSSR count). The van der Waals surface area contributed by atoms with Crippen LogP contribution in [0.4, 0.5) is 29.2 Å². The Hall–Kier alpha value is -4.91. The van der Waals surface area contributed by atoms with Crippen LogP contribution in [-0.4, -0.2) is 115 Å². The third-order valence-electron chi connectivity index (χ3n) is 5.57. The lowest BCUT2D eigenvalue weighted by molar-refractivity contribution is 0.0682. The van der Waals surface area contributed by atoms with E-state index in [9.17, 15) is 71.3 Å². The molecule has 2 aromatic carbocycles. The molecule has 0 bridgehead atoms. The number of phenols is 2. The highest BCUT2D eigenvalue weighted by Crippen LogP contribution is 2.34. The van der Waals surface area contributed by atoms with Crippen molar-refractivity contribution in [2.24, 2.45) is 0 Å². The van der Waals surface area contributed by atoms with Gasteiger partial charge in [-0.15, -0.1) is 0 Å². The zero-order valence-corrected chi connectivity index (χ0v) is 23.2. The first-order valence-electron chi connectivity index (χ1n) is 11.5. The molecule has 44 heavy (non-hydrogen) atoms. The summed E-state index contributed by atoms with van der Waals surface area (Å²) in [6.45, 7) is -2.47. The van der Waals surface area contributed by atoms with Crippen molar-refractivity contribution in [2.45, 2.75) is 15.8 Å². The fraction of sp³-hybridized carbons (Fsp3) is 0.190. The van der Waals surface area contributed by atoms with Crippen LogP contribution < -0.4 is 15.5 Å². The first-order valence-corrected chi connectivity index (χ1v) is 14.3. The Balaban J connectivity index is 2.25. The van der Waals surface area contributed by atoms with Gasteiger partial charge in [-0.05, 0) is 24.3 Å². The minimum absolute atomic E-state index is 0.459. The van der Waals surface area contributed by atoms with Gasteiger partial charge in [0.05, 0.1) is 19.3 Å². The molecule has 11 N–H and O–H groups in total. The summed E-state index contributed by atoms with van der Waals surface area (Å²) >= 11 is 0. The molecule has 0 atom stereocenters. The zero-order valence-electron chi connectivity index (χ0n) is 21.6. The number of carbonyl (C=O) groups is 2. The van der Waals surface area contributed by atoms with Gasteiger partial charge in [-0.2, -0.15) is 31.8 Å². The molecule has 0 fully saturated rings. The molecular formula is C21H22N6O15S2. The van der Waals surface area contributed by atoms with E-state index in [-0.39, 0.29) is 0 Å². The number of aromatic carboxylic acids is 2. The molecule has 0 spiro atoms. The maximum Gasteiger partial charge on any atom is 0.339 e. The van der Waals surface area contributed by atoms with E-state index in [1.807, 2.05) is 0 Å². The van der Waals surface area contributed by atoms with Gasteiger partial charge in [0, 0.05) is 11.4 Å². The van der Waals surface area contributed by atoms with Crippen LogP contribution >= 0.6 is 0 Å². The normalized spacial score (nSPS) is 11.8. The van der Waals surface area contributed by atoms with Gasteiger partial charge in [-0.25, -0.2) is 9.59 Å². The highest BCUT2D eigenvalue weighted by Gasteiger charge is 2.26. The highest BCUT2D eigenvalue weighted by atomic mass is 32.2. The number of anilines is 5. The molecule has 3 aromatic rings. The molecule has 0 saturated heterocycles. The lowest BCUT2D eigenvalue weighted by atomic mass is 10.1. The Labute approximate surface area is 245 Å². The monoisotopic (exact) mass is 662 g/mol. The molecule has 23 heteroatoms. The standard InChI is InChI=1S/C21H22N6O15S2/c28-5-10(6-29)27(7-30)21-25-19(22-8-1-11(17(33)34)15(31)13(3-8)43(37,38)39)24-20(26-21)23-9-2-12(18(35)36)16(32)14(4-9)44(40,41)42/h1-4,10,28-32H,5-7H2,(H,33,34)(H,35,36)(H,37,38,39)(H,40,41,42)(H2,22,23,24,25,26). The average Bonchev–Trinajstić information content (AvgIpc) is 2.91. The SMILES string of the molecule is O=C(O)c1cc(Nc2nc(Nc3cc(C(=O)O)c(O)c(S(=O)(=O)O)c3)nc(N(CO)C(CO)CO)n2)cc(S(=O)(=O)O)c1O. The van der Waals surface area contributed by atoms with Crippen LogP contribution in [0.25, 0.3) is 0 Å². The molecule has 0 amide bonds. The van der Waals surface area contributed by atoms with Gasteiger partial charge < -0.3 is 51.3 Å². The van der Waals surface area contributed by atoms with Crippen molar-refractivity contribution in [3.8, 4) is 11.5 Å². The quantitative estimate of drug-likeness (QED) is 0.0579. The van der Waals surface area contributed by atoms with E-state index in [0.29, 0.717) is 24.3 Å². The number of carboxylic acid groups (broad SMARTS) is 2. The number of nitrogens with zero attached hydrogens (tertiary/aromatic N) is 4. The van der Waals surface area contributed by atoms with Crippen LogP contribution in [0.3, 0.4) is 0 Å². The molecule has 0 aliphatic carbocycles. The number of nitrogens with one attached hydrogen (secondary N) is 2. The Morgan fingerprint density at radius 2 is 1.11 bits per heavy atom. The number of aliphatic hydroxyl groups is 3. The lowest BCUT2D eigenvalue weighted by Gasteiger charge is -2.27. The topological polar surface area (TPSA) is 350 Å². The molecule has 1 aromatic heterocycles. The zero-order chi connectivity index (χ0) is 33.1. The number of aromatic nitrogens is 3. The van der Waals surface area contributed by atoms with E-state index in [1.54, 1.807) is 0 Å². The van der Waals surface area contributed by atoms with Crippen LogP contribution in [0.15, 0.2) is 34.1 Å². The Morgan fingerprint density at radius 1 is 0.727 bits per heavy atom. The van der Waals surface area contributed by atoms with Crippen molar-refractivity contribution >= 4 is 61.4 Å². The Bertz CT molecular complexity index is 1710. The van der Waals surface area contributed by atoms with E-state index in [1.165, 1.54) is 0 Å². The number of rotatable bonds is 13. The van der Waals surface area contributed by atoms with E-state index in [0.717, 1.165) is 4.90 Å². The maximum absolute atomic E-state index is 11.7. The summed E-state index contributed by atoms with van der Waals surface area (Å²) in [6.07, 6.45) is 0. The molecule has 0 aliphatic heterocycles. The van der Waals surface area contributed by atoms with Crippen LogP contribution in [0.2, 0.25) is 0 Å². The van der Waals surface area contributed by atoms with Gasteiger partial charge in [0.1, 0.15) is 27.6 Å². The van der Waals surface area contributed by atoms with Crippen molar-refractivity contribution in [1.82, 2.24) is 15.0 Å². The number of benzene rings is 2. The number of hydrogen-bond acceptors (Lipinski definition) is 17. The summed E-state index contributed by atoms with van der Waals surface area (Å²) in [5, 5.41) is 72.6. The molecular weight excluding hydrogens is 640 g/mol. The second-order valence-electron chi connectivity index (χ2n) is 8.46. The van der Waals surface area contributed by atoms with Crippen LogP contribution in [0, 0.1) is 0 Å². The van der Waals surface area contributed by atoms with Gasteiger partial charge >= 0.3 is 11.9 Å². The molecule has 1 heterocycles. The second kappa shape index (κ2) is 12.8. The molecule has 21 nitrogen and oxygen atoms in total. The lowest BCUT2D eigenvalue weighted by Crippen LogP contribution is -2.42. The van der Waals surface area contributed by atoms with E-state index in [4.69, 9.17) is 0 Å². The van der Waals surface area contributed by atoms with E-state index < -0.39 is 120 Å². The summed E-state index contributed by atoms with van der Waals surface area (Å²) in [4.78, 5) is 33.3. The number of aliphatic hydroxyl groups excluding tert-OH is 3. The van der Waals surface area contributed by atoms with Gasteiger partial charge in [-0.3, -0.25) is 9.11 Å². The minimum atomic E-state index is -5.18. The van der Waals surface area contributed by atoms with E-state index >= 15 is 0 Å². The number of carboxylic acids is 2. The predicted octanol–water partition coefficient (Wildman–Crippen LogP) is -1.23. The number of hydrogen-bond donors (Lipinski definition) is 11. The first kappa shape index (κ1) is 33.6. The average molecular weight is 663 g/mol. The van der Waals surface area contributed by atoms with Gasteiger partial charge in [0.25, 0.3) is 20.2 Å². The smallest absolute Gasteiger partial charge is 0.339 e. The van der Waals surface area contributed by atoms with Crippen LogP contribution in [0.5, 0.6) is 11.5 Å². The third kappa shape index (κ3) is 7.35. The summed E-state index contributed by atoms with van der Waals surface area (Å²) < 4.78 is 65.8. The fourth-order valence-electron chi connectivity index (χ4n) is 3.54. The van der Waals surface area contributed by atoms with Crippen LogP contribution in [-0.2, 0) is 20.2 Å². The summed E-state index contributed by atoms with van der Waals surface area (Å²) in [7, 11) is -10.4. The second-order valence-corrected chi connectivity index (χ2v) is 11.2. The minimum Gasteiger partial charge on any atom is -0.506 e. The molecule has 0 aliphatic rings. The summed E-state index contributed by atoms with van der Waals surface area (Å²) in [6, 6.07) is 1.39. The Morgan fingerprint density at radius 3 is 1.41 bits per heavy atom. The van der Waals surface area contributed by atoms with Crippen molar-refractivity contribution < 1.29 is 71.3 Å². The maximum atomic E-state index is 11.7. The van der Waals surface area contributed by atoms with Crippen molar-refractivity contribution in [3.05, 3.63) is 35.4 Å². The highest BCUT2D eigenvalue weighted by molar-refractivity contribution is 7.86. The molecule has 0 unspecified atom stereocenters. The largest absolute Gasteiger partial charge is 0.506 e. The Kier molecular flexibility index (Phi) is 9.74. The van der Waals surface area contributed by atoms with Gasteiger partial charge in [0.2, 0.25) is 17.8 Å². The predicted molar refractivity (Wildman–Crippen MR) is 144 cm³/mol. The van der Waals surface area contributed by atoms with Gasteiger partial charge in [0.15, 0.2) is 11.5 Å². The summed E-state index contributed by atoms with van der Waals surface area (Å²) in [5.74, 6) is -8.00.